The van der Waals surface area contributed by atoms with Crippen molar-refractivity contribution in [1.29, 1.82) is 0 Å². The van der Waals surface area contributed by atoms with Crippen molar-refractivity contribution in [1.82, 2.24) is 14.9 Å². The smallest absolute Gasteiger partial charge is 0.226 e. The Balaban J connectivity index is 1.44. The maximum Gasteiger partial charge on any atom is 0.226 e. The van der Waals surface area contributed by atoms with E-state index < -0.39 is 0 Å². The van der Waals surface area contributed by atoms with Crippen molar-refractivity contribution in [3.05, 3.63) is 17.5 Å². The van der Waals surface area contributed by atoms with Crippen LogP contribution >= 0.6 is 0 Å². The third-order valence-electron chi connectivity index (χ3n) is 5.79. The van der Waals surface area contributed by atoms with Gasteiger partial charge in [-0.2, -0.15) is 0 Å². The number of carbonyl (C=O) groups excluding carboxylic acids is 1. The highest BCUT2D eigenvalue weighted by molar-refractivity contribution is 5.79. The number of aryl methyl sites for hydroxylation is 1. The Labute approximate surface area is 144 Å². The highest BCUT2D eigenvalue weighted by Gasteiger charge is 2.30. The quantitative estimate of drug-likeness (QED) is 0.837. The predicted octanol–water partition coefficient (Wildman–Crippen LogP) is 2.58. The molecule has 0 spiro atoms. The van der Waals surface area contributed by atoms with Crippen LogP contribution in [0.1, 0.15) is 56.2 Å². The van der Waals surface area contributed by atoms with Crippen LogP contribution < -0.4 is 4.90 Å². The third-order valence-corrected chi connectivity index (χ3v) is 5.79. The zero-order valence-corrected chi connectivity index (χ0v) is 14.5. The summed E-state index contributed by atoms with van der Waals surface area (Å²) in [5.41, 5.74) is 2.36. The van der Waals surface area contributed by atoms with Crippen molar-refractivity contribution in [2.75, 3.05) is 31.1 Å². The summed E-state index contributed by atoms with van der Waals surface area (Å²) in [5, 5.41) is 0. The maximum absolute atomic E-state index is 12.9. The van der Waals surface area contributed by atoms with Crippen molar-refractivity contribution < 1.29 is 4.79 Å². The number of hydrogen-bond donors (Lipinski definition) is 0. The lowest BCUT2D eigenvalue weighted by Crippen LogP contribution is -2.39. The zero-order chi connectivity index (χ0) is 16.4. The van der Waals surface area contributed by atoms with E-state index in [-0.39, 0.29) is 5.92 Å². The minimum atomic E-state index is 0.136. The van der Waals surface area contributed by atoms with E-state index in [1.54, 1.807) is 0 Å². The zero-order valence-electron chi connectivity index (χ0n) is 14.5. The number of rotatable bonds is 2. The number of hydrogen-bond acceptors (Lipinski definition) is 4. The molecule has 4 rings (SSSR count). The Morgan fingerprint density at radius 3 is 2.46 bits per heavy atom. The predicted molar refractivity (Wildman–Crippen MR) is 94.0 cm³/mol. The van der Waals surface area contributed by atoms with Crippen LogP contribution in [0.5, 0.6) is 0 Å². The Bertz CT molecular complexity index is 589. The number of likely N-dealkylation sites (tertiary alicyclic amines) is 1. The van der Waals surface area contributed by atoms with Gasteiger partial charge in [0.1, 0.15) is 0 Å². The second kappa shape index (κ2) is 7.08. The van der Waals surface area contributed by atoms with Crippen molar-refractivity contribution in [3.8, 4) is 0 Å². The molecule has 3 aliphatic rings. The monoisotopic (exact) mass is 328 g/mol. The molecular weight excluding hydrogens is 300 g/mol. The molecule has 5 nitrogen and oxygen atoms in total. The van der Waals surface area contributed by atoms with Crippen LogP contribution in [0.3, 0.4) is 0 Å². The first-order chi connectivity index (χ1) is 11.8. The molecule has 3 heterocycles. The molecule has 0 N–H and O–H groups in total. The molecule has 0 aromatic carbocycles. The summed E-state index contributed by atoms with van der Waals surface area (Å²) in [7, 11) is 0. The number of aromatic nitrogens is 2. The molecule has 0 bridgehead atoms. The van der Waals surface area contributed by atoms with Crippen LogP contribution in [-0.2, 0) is 17.6 Å². The largest absolute Gasteiger partial charge is 0.342 e. The average molecular weight is 328 g/mol. The molecule has 130 valence electrons. The fourth-order valence-corrected chi connectivity index (χ4v) is 4.33. The van der Waals surface area contributed by atoms with Crippen molar-refractivity contribution in [2.45, 2.75) is 57.8 Å². The first-order valence-corrected chi connectivity index (χ1v) is 9.70. The van der Waals surface area contributed by atoms with E-state index in [2.05, 4.69) is 14.8 Å². The van der Waals surface area contributed by atoms with Gasteiger partial charge in [0.2, 0.25) is 11.9 Å². The molecule has 1 atom stereocenters. The molecule has 1 aliphatic carbocycles. The molecule has 0 unspecified atom stereocenters. The lowest BCUT2D eigenvalue weighted by molar-refractivity contribution is -0.135. The van der Waals surface area contributed by atoms with Crippen molar-refractivity contribution in [2.24, 2.45) is 5.92 Å². The third kappa shape index (κ3) is 3.26. The number of fused-ring (bicyclic) bond motifs is 1. The summed E-state index contributed by atoms with van der Waals surface area (Å²) in [5.74, 6) is 1.39. The summed E-state index contributed by atoms with van der Waals surface area (Å²) in [4.78, 5) is 26.7. The van der Waals surface area contributed by atoms with Gasteiger partial charge in [-0.25, -0.2) is 9.97 Å². The van der Waals surface area contributed by atoms with Crippen LogP contribution in [0.25, 0.3) is 0 Å². The molecule has 2 aliphatic heterocycles. The molecule has 2 fully saturated rings. The van der Waals surface area contributed by atoms with Gasteiger partial charge in [-0.1, -0.05) is 12.8 Å². The van der Waals surface area contributed by atoms with Gasteiger partial charge < -0.3 is 9.80 Å². The van der Waals surface area contributed by atoms with E-state index in [9.17, 15) is 4.79 Å². The highest BCUT2D eigenvalue weighted by atomic mass is 16.2. The van der Waals surface area contributed by atoms with Crippen LogP contribution in [0.4, 0.5) is 5.95 Å². The minimum Gasteiger partial charge on any atom is -0.342 e. The van der Waals surface area contributed by atoms with Gasteiger partial charge in [0.05, 0.1) is 0 Å². The second-order valence-corrected chi connectivity index (χ2v) is 7.52. The Kier molecular flexibility index (Phi) is 4.67. The molecule has 1 amide bonds. The van der Waals surface area contributed by atoms with Gasteiger partial charge in [-0.3, -0.25) is 4.79 Å². The summed E-state index contributed by atoms with van der Waals surface area (Å²) in [6.07, 6.45) is 12.0. The van der Waals surface area contributed by atoms with E-state index in [1.807, 2.05) is 6.20 Å². The Hall–Kier alpha value is -1.65. The van der Waals surface area contributed by atoms with Gasteiger partial charge in [-0.15, -0.1) is 0 Å². The summed E-state index contributed by atoms with van der Waals surface area (Å²) in [6.45, 7) is 4.06. The normalized spacial score (nSPS) is 24.6. The van der Waals surface area contributed by atoms with Crippen molar-refractivity contribution >= 4 is 11.9 Å². The van der Waals surface area contributed by atoms with E-state index in [0.717, 1.165) is 64.2 Å². The molecule has 1 aromatic rings. The van der Waals surface area contributed by atoms with E-state index in [4.69, 9.17) is 4.98 Å². The molecule has 1 aromatic heterocycles. The van der Waals surface area contributed by atoms with Gasteiger partial charge in [0.25, 0.3) is 0 Å². The van der Waals surface area contributed by atoms with Gasteiger partial charge in [0, 0.05) is 44.0 Å². The summed E-state index contributed by atoms with van der Waals surface area (Å²) >= 11 is 0. The number of anilines is 1. The summed E-state index contributed by atoms with van der Waals surface area (Å²) in [6, 6.07) is 0. The SMILES string of the molecule is O=C([C@H]1CCc2nc(N3CCCC3)ncc2C1)N1CCCCCC1. The molecule has 0 radical (unpaired) electrons. The Morgan fingerprint density at radius 2 is 1.71 bits per heavy atom. The second-order valence-electron chi connectivity index (χ2n) is 7.52. The first-order valence-electron chi connectivity index (χ1n) is 9.70. The molecule has 24 heavy (non-hydrogen) atoms. The number of nitrogens with zero attached hydrogens (tertiary/aromatic N) is 4. The first kappa shape index (κ1) is 15.9. The van der Waals surface area contributed by atoms with Gasteiger partial charge >= 0.3 is 0 Å². The fourth-order valence-electron chi connectivity index (χ4n) is 4.33. The van der Waals surface area contributed by atoms with E-state index in [1.165, 1.54) is 36.9 Å². The van der Waals surface area contributed by atoms with E-state index in [0.29, 0.717) is 5.91 Å². The average Bonchev–Trinajstić information content (AvgIpc) is 3.03. The molecule has 5 heteroatoms. The van der Waals surface area contributed by atoms with Gasteiger partial charge in [-0.05, 0) is 50.5 Å². The van der Waals surface area contributed by atoms with Crippen molar-refractivity contribution in [3.63, 3.8) is 0 Å². The maximum atomic E-state index is 12.9. The fraction of sp³-hybridized carbons (Fsp3) is 0.737. The van der Waals surface area contributed by atoms with Crippen LogP contribution in [0.15, 0.2) is 6.20 Å². The summed E-state index contributed by atoms with van der Waals surface area (Å²) < 4.78 is 0. The number of amides is 1. The van der Waals surface area contributed by atoms with Crippen LogP contribution in [0, 0.1) is 5.92 Å². The lowest BCUT2D eigenvalue weighted by atomic mass is 9.86. The minimum absolute atomic E-state index is 0.136. The Morgan fingerprint density at radius 1 is 1.00 bits per heavy atom. The number of carbonyl (C=O) groups is 1. The molecule has 2 saturated heterocycles. The van der Waals surface area contributed by atoms with Gasteiger partial charge in [0.15, 0.2) is 0 Å². The lowest BCUT2D eigenvalue weighted by Gasteiger charge is -2.29. The highest BCUT2D eigenvalue weighted by Crippen LogP contribution is 2.28. The van der Waals surface area contributed by atoms with Crippen LogP contribution in [0.2, 0.25) is 0 Å². The van der Waals surface area contributed by atoms with E-state index >= 15 is 0 Å². The topological polar surface area (TPSA) is 49.3 Å². The molecular formula is C19H28N4O. The molecule has 0 saturated carbocycles. The van der Waals surface area contributed by atoms with Crippen LogP contribution in [-0.4, -0.2) is 47.0 Å². The standard InChI is InChI=1S/C19H28N4O/c24-18(22-9-3-1-2-4-10-22)15-7-8-17-16(13-15)14-20-19(21-17)23-11-5-6-12-23/h14-15H,1-13H2/t15-/m0/s1.